The van der Waals surface area contributed by atoms with Crippen LogP contribution in [0.25, 0.3) is 0 Å². The van der Waals surface area contributed by atoms with Gasteiger partial charge in [-0.2, -0.15) is 0 Å². The van der Waals surface area contributed by atoms with Crippen molar-refractivity contribution in [2.75, 3.05) is 6.61 Å². The van der Waals surface area contributed by atoms with Crippen LogP contribution in [-0.2, 0) is 14.4 Å². The molecule has 0 heterocycles. The van der Waals surface area contributed by atoms with Crippen molar-refractivity contribution in [3.63, 3.8) is 0 Å². The summed E-state index contributed by atoms with van der Waals surface area (Å²) in [7, 11) is 0. The minimum Gasteiger partial charge on any atom is -0.394 e. The first-order valence-corrected chi connectivity index (χ1v) is 4.35. The summed E-state index contributed by atoms with van der Waals surface area (Å²) >= 11 is 0. The van der Waals surface area contributed by atoms with Crippen LogP contribution in [0.2, 0.25) is 0 Å². The van der Waals surface area contributed by atoms with Gasteiger partial charge in [0.25, 0.3) is 0 Å². The highest BCUT2D eigenvalue weighted by atomic mass is 16.7. The predicted octanol–water partition coefficient (Wildman–Crippen LogP) is -2.27. The second-order valence-corrected chi connectivity index (χ2v) is 2.96. The topological polar surface area (TPSA) is 116 Å². The fourth-order valence-corrected chi connectivity index (χ4v) is 0.867. The molecule has 0 aliphatic carbocycles. The van der Waals surface area contributed by atoms with E-state index in [2.05, 4.69) is 4.84 Å². The van der Waals surface area contributed by atoms with Crippen LogP contribution in [0.3, 0.4) is 0 Å². The second kappa shape index (κ2) is 7.30. The molecule has 0 saturated carbocycles. The van der Waals surface area contributed by atoms with Crippen molar-refractivity contribution >= 4 is 12.2 Å². The lowest BCUT2D eigenvalue weighted by atomic mass is 10.1. The molecule has 0 aliphatic rings. The van der Waals surface area contributed by atoms with Crippen molar-refractivity contribution in [3.8, 4) is 0 Å². The van der Waals surface area contributed by atoms with Crippen molar-refractivity contribution in [3.05, 3.63) is 0 Å². The number of aldehydes is 1. The Balaban J connectivity index is 4.22. The number of rotatable bonds is 7. The van der Waals surface area contributed by atoms with Crippen LogP contribution in [0.1, 0.15) is 13.3 Å². The van der Waals surface area contributed by atoms with Gasteiger partial charge in [-0.05, 0) is 0 Å². The van der Waals surface area contributed by atoms with Gasteiger partial charge in [-0.3, -0.25) is 9.63 Å². The molecule has 7 nitrogen and oxygen atoms in total. The molecule has 0 bridgehead atoms. The number of aliphatic hydroxyl groups is 3. The average molecular weight is 221 g/mol. The quantitative estimate of drug-likeness (QED) is 0.284. The maximum atomic E-state index is 10.5. The molecule has 15 heavy (non-hydrogen) atoms. The zero-order valence-corrected chi connectivity index (χ0v) is 8.29. The third-order valence-corrected chi connectivity index (χ3v) is 1.64. The largest absolute Gasteiger partial charge is 0.394 e. The molecule has 0 aromatic rings. The molecule has 3 atom stereocenters. The Kier molecular flexibility index (Phi) is 6.80. The molecule has 0 aromatic heterocycles. The van der Waals surface area contributed by atoms with Crippen LogP contribution < -0.4 is 5.48 Å². The molecule has 1 amide bonds. The Morgan fingerprint density at radius 2 is 2.13 bits per heavy atom. The first-order chi connectivity index (χ1) is 7.02. The zero-order valence-electron chi connectivity index (χ0n) is 8.29. The highest BCUT2D eigenvalue weighted by Gasteiger charge is 2.27. The Hall–Kier alpha value is -1.02. The highest BCUT2D eigenvalue weighted by Crippen LogP contribution is 2.06. The summed E-state index contributed by atoms with van der Waals surface area (Å²) in [5.74, 6) is -0.503. The van der Waals surface area contributed by atoms with Crippen LogP contribution in [0.4, 0.5) is 0 Å². The number of aliphatic hydroxyl groups excluding tert-OH is 3. The third-order valence-electron chi connectivity index (χ3n) is 1.64. The standard InChI is InChI=1S/C8H15NO6/c1-5(12)9-15-7(2-3-10)8(14)6(13)4-11/h3,6-8,11,13-14H,2,4H2,1H3,(H,9,12)/t6-,7+,8+/m1/s1. The zero-order chi connectivity index (χ0) is 11.8. The van der Waals surface area contributed by atoms with Crippen molar-refractivity contribution in [1.82, 2.24) is 5.48 Å². The van der Waals surface area contributed by atoms with Gasteiger partial charge in [-0.15, -0.1) is 0 Å². The summed E-state index contributed by atoms with van der Waals surface area (Å²) in [6.07, 6.45) is -3.71. The average Bonchev–Trinajstić information content (AvgIpc) is 2.21. The molecular formula is C8H15NO6. The van der Waals surface area contributed by atoms with Crippen LogP contribution in [-0.4, -0.2) is 52.4 Å². The van der Waals surface area contributed by atoms with E-state index >= 15 is 0 Å². The molecule has 4 N–H and O–H groups in total. The van der Waals surface area contributed by atoms with Gasteiger partial charge in [0.05, 0.1) is 6.61 Å². The Morgan fingerprint density at radius 1 is 1.53 bits per heavy atom. The molecule has 0 radical (unpaired) electrons. The van der Waals surface area contributed by atoms with Crippen molar-refractivity contribution in [1.29, 1.82) is 0 Å². The maximum absolute atomic E-state index is 10.5. The molecule has 0 aliphatic heterocycles. The van der Waals surface area contributed by atoms with E-state index in [0.717, 1.165) is 0 Å². The lowest BCUT2D eigenvalue weighted by Crippen LogP contribution is -2.44. The minimum atomic E-state index is -1.45. The minimum absolute atomic E-state index is 0.210. The van der Waals surface area contributed by atoms with E-state index in [-0.39, 0.29) is 6.42 Å². The summed E-state index contributed by atoms with van der Waals surface area (Å²) < 4.78 is 0. The lowest BCUT2D eigenvalue weighted by molar-refractivity contribution is -0.156. The van der Waals surface area contributed by atoms with Gasteiger partial charge in [-0.1, -0.05) is 0 Å². The maximum Gasteiger partial charge on any atom is 0.240 e. The van der Waals surface area contributed by atoms with Gasteiger partial charge in [-0.25, -0.2) is 5.48 Å². The summed E-state index contributed by atoms with van der Waals surface area (Å²) in [4.78, 5) is 25.4. The normalized spacial score (nSPS) is 16.5. The van der Waals surface area contributed by atoms with Gasteiger partial charge in [0.15, 0.2) is 0 Å². The highest BCUT2D eigenvalue weighted by molar-refractivity contribution is 5.71. The molecule has 0 rings (SSSR count). The predicted molar refractivity (Wildman–Crippen MR) is 48.5 cm³/mol. The van der Waals surface area contributed by atoms with E-state index in [1.165, 1.54) is 6.92 Å². The molecule has 7 heteroatoms. The van der Waals surface area contributed by atoms with E-state index < -0.39 is 30.8 Å². The van der Waals surface area contributed by atoms with Crippen LogP contribution in [0.15, 0.2) is 0 Å². The van der Waals surface area contributed by atoms with E-state index in [9.17, 15) is 14.7 Å². The van der Waals surface area contributed by atoms with E-state index in [1.807, 2.05) is 5.48 Å². The Morgan fingerprint density at radius 3 is 2.53 bits per heavy atom. The number of hydroxylamine groups is 1. The summed E-state index contributed by atoms with van der Waals surface area (Å²) in [6.45, 7) is 0.521. The van der Waals surface area contributed by atoms with Gasteiger partial charge in [0, 0.05) is 13.3 Å². The Labute approximate surface area is 86.6 Å². The number of carbonyl (C=O) groups excluding carboxylic acids is 2. The molecule has 0 unspecified atom stereocenters. The number of carbonyl (C=O) groups is 2. The number of nitrogens with one attached hydrogen (secondary N) is 1. The van der Waals surface area contributed by atoms with Gasteiger partial charge >= 0.3 is 0 Å². The van der Waals surface area contributed by atoms with Crippen molar-refractivity contribution in [2.24, 2.45) is 0 Å². The molecule has 0 saturated heterocycles. The third kappa shape index (κ3) is 5.43. The fraction of sp³-hybridized carbons (Fsp3) is 0.750. The summed E-state index contributed by atoms with van der Waals surface area (Å²) in [5.41, 5.74) is 1.94. The molecule has 0 fully saturated rings. The van der Waals surface area contributed by atoms with E-state index in [4.69, 9.17) is 10.2 Å². The first kappa shape index (κ1) is 14.0. The molecular weight excluding hydrogens is 206 g/mol. The van der Waals surface area contributed by atoms with Crippen LogP contribution in [0.5, 0.6) is 0 Å². The summed E-state index contributed by atoms with van der Waals surface area (Å²) in [5, 5.41) is 27.0. The lowest BCUT2D eigenvalue weighted by Gasteiger charge is -2.23. The first-order valence-electron chi connectivity index (χ1n) is 4.35. The van der Waals surface area contributed by atoms with E-state index in [1.54, 1.807) is 0 Å². The van der Waals surface area contributed by atoms with Crippen molar-refractivity contribution < 1.29 is 29.7 Å². The fourth-order valence-electron chi connectivity index (χ4n) is 0.867. The van der Waals surface area contributed by atoms with Crippen LogP contribution >= 0.6 is 0 Å². The monoisotopic (exact) mass is 221 g/mol. The molecule has 0 aromatic carbocycles. The van der Waals surface area contributed by atoms with Gasteiger partial charge in [0.2, 0.25) is 5.91 Å². The number of hydrogen-bond donors (Lipinski definition) is 4. The molecule has 0 spiro atoms. The van der Waals surface area contributed by atoms with Gasteiger partial charge < -0.3 is 20.1 Å². The smallest absolute Gasteiger partial charge is 0.240 e. The second-order valence-electron chi connectivity index (χ2n) is 2.96. The summed E-state index contributed by atoms with van der Waals surface area (Å²) in [6, 6.07) is 0. The number of hydrogen-bond acceptors (Lipinski definition) is 6. The SMILES string of the molecule is CC(=O)NO[C@@H](CC=O)[C@@H](O)[C@H](O)CO. The Bertz CT molecular complexity index is 209. The molecule has 88 valence electrons. The van der Waals surface area contributed by atoms with E-state index in [0.29, 0.717) is 6.29 Å². The van der Waals surface area contributed by atoms with Gasteiger partial charge in [0.1, 0.15) is 24.6 Å². The van der Waals surface area contributed by atoms with Crippen molar-refractivity contribution in [2.45, 2.75) is 31.7 Å². The number of amides is 1. The van der Waals surface area contributed by atoms with Crippen LogP contribution in [0, 0.1) is 0 Å².